The molecule has 0 spiro atoms. The minimum atomic E-state index is -0.0873. The second kappa shape index (κ2) is 6.01. The zero-order valence-corrected chi connectivity index (χ0v) is 12.0. The molecule has 0 unspecified atom stereocenters. The minimum Gasteiger partial charge on any atom is -0.325 e. The van der Waals surface area contributed by atoms with Crippen molar-refractivity contribution < 1.29 is 0 Å². The summed E-state index contributed by atoms with van der Waals surface area (Å²) in [6.07, 6.45) is 5.43. The summed E-state index contributed by atoms with van der Waals surface area (Å²) in [6, 6.07) is 9.51. The fourth-order valence-corrected chi connectivity index (χ4v) is 2.58. The number of nitrogens with zero attached hydrogens (tertiary/aromatic N) is 2. The molecule has 110 valence electrons. The van der Waals surface area contributed by atoms with Crippen molar-refractivity contribution in [2.75, 3.05) is 13.1 Å². The Hall–Kier alpha value is -2.27. The SMILES string of the molecule is C=c1[nH]n(-c2ccccc2)c(=O)/c1=C\NN1CCCCC1. The predicted octanol–water partition coefficient (Wildman–Crippen LogP) is 0.304. The molecule has 0 radical (unpaired) electrons. The van der Waals surface area contributed by atoms with Crippen molar-refractivity contribution in [2.45, 2.75) is 19.3 Å². The Kier molecular flexibility index (Phi) is 3.92. The van der Waals surface area contributed by atoms with Crippen molar-refractivity contribution in [1.29, 1.82) is 0 Å². The smallest absolute Gasteiger partial charge is 0.280 e. The molecule has 0 bridgehead atoms. The van der Waals surface area contributed by atoms with Crippen molar-refractivity contribution in [3.8, 4) is 5.69 Å². The van der Waals surface area contributed by atoms with Crippen molar-refractivity contribution >= 4 is 12.8 Å². The zero-order valence-electron chi connectivity index (χ0n) is 12.0. The molecule has 2 N–H and O–H groups in total. The van der Waals surface area contributed by atoms with E-state index in [-0.39, 0.29) is 5.56 Å². The van der Waals surface area contributed by atoms with Crippen LogP contribution < -0.4 is 21.6 Å². The van der Waals surface area contributed by atoms with E-state index in [1.165, 1.54) is 23.9 Å². The third kappa shape index (κ3) is 2.92. The standard InChI is InChI=1S/C16H20N4O/c1-13-15(12-17-19-10-6-3-7-11-19)16(21)20(18-13)14-8-4-2-5-9-14/h2,4-5,8-9,12,17-18H,1,3,6-7,10-11H2/b15-12-. The van der Waals surface area contributed by atoms with Gasteiger partial charge in [0.2, 0.25) is 0 Å². The molecule has 1 fully saturated rings. The molecule has 1 aliphatic rings. The summed E-state index contributed by atoms with van der Waals surface area (Å²) in [6.45, 7) is 5.95. The molecule has 5 heteroatoms. The Labute approximate surface area is 123 Å². The highest BCUT2D eigenvalue weighted by Crippen LogP contribution is 2.05. The third-order valence-electron chi connectivity index (χ3n) is 3.77. The number of nitrogens with one attached hydrogen (secondary N) is 2. The zero-order chi connectivity index (χ0) is 14.7. The first kappa shape index (κ1) is 13.7. The van der Waals surface area contributed by atoms with Crippen molar-refractivity contribution in [1.82, 2.24) is 20.2 Å². The van der Waals surface area contributed by atoms with E-state index in [9.17, 15) is 4.79 Å². The minimum absolute atomic E-state index is 0.0873. The highest BCUT2D eigenvalue weighted by atomic mass is 16.1. The van der Waals surface area contributed by atoms with Crippen LogP contribution >= 0.6 is 0 Å². The molecule has 1 aliphatic heterocycles. The number of hydrogen-bond acceptors (Lipinski definition) is 3. The van der Waals surface area contributed by atoms with E-state index in [4.69, 9.17) is 0 Å². The van der Waals surface area contributed by atoms with Gasteiger partial charge in [-0.25, -0.2) is 9.69 Å². The van der Waals surface area contributed by atoms with Crippen molar-refractivity contribution in [3.63, 3.8) is 0 Å². The Morgan fingerprint density at radius 2 is 1.86 bits per heavy atom. The van der Waals surface area contributed by atoms with Gasteiger partial charge in [-0.05, 0) is 25.0 Å². The lowest BCUT2D eigenvalue weighted by molar-refractivity contribution is 0.192. The fraction of sp³-hybridized carbons (Fsp3) is 0.312. The van der Waals surface area contributed by atoms with Gasteiger partial charge >= 0.3 is 0 Å². The molecule has 0 aliphatic carbocycles. The monoisotopic (exact) mass is 284 g/mol. The summed E-state index contributed by atoms with van der Waals surface area (Å²) in [4.78, 5) is 12.5. The van der Waals surface area contributed by atoms with Crippen LogP contribution in [0.3, 0.4) is 0 Å². The van der Waals surface area contributed by atoms with Crippen molar-refractivity contribution in [3.05, 3.63) is 51.3 Å². The fourth-order valence-electron chi connectivity index (χ4n) is 2.58. The highest BCUT2D eigenvalue weighted by molar-refractivity contribution is 5.31. The number of benzene rings is 1. The van der Waals surface area contributed by atoms with Crippen LogP contribution in [0.1, 0.15) is 19.3 Å². The second-order valence-electron chi connectivity index (χ2n) is 5.30. The molecule has 21 heavy (non-hydrogen) atoms. The number of aromatic nitrogens is 2. The largest absolute Gasteiger partial charge is 0.325 e. The van der Waals surface area contributed by atoms with Crippen LogP contribution in [0.2, 0.25) is 0 Å². The Morgan fingerprint density at radius 1 is 1.14 bits per heavy atom. The summed E-state index contributed by atoms with van der Waals surface area (Å²) in [7, 11) is 0. The average Bonchev–Trinajstić information content (AvgIpc) is 2.82. The maximum Gasteiger partial charge on any atom is 0.280 e. The normalized spacial score (nSPS) is 17.0. The average molecular weight is 284 g/mol. The summed E-state index contributed by atoms with van der Waals surface area (Å²) in [5.41, 5.74) is 3.94. The van der Waals surface area contributed by atoms with Crippen LogP contribution in [-0.2, 0) is 0 Å². The van der Waals surface area contributed by atoms with E-state index in [1.54, 1.807) is 6.20 Å². The topological polar surface area (TPSA) is 53.1 Å². The molecule has 0 atom stereocenters. The van der Waals surface area contributed by atoms with Gasteiger partial charge in [0.25, 0.3) is 5.56 Å². The van der Waals surface area contributed by atoms with Gasteiger partial charge in [0.1, 0.15) is 0 Å². The Morgan fingerprint density at radius 3 is 2.57 bits per heavy atom. The van der Waals surface area contributed by atoms with Crippen LogP contribution in [0.5, 0.6) is 0 Å². The van der Waals surface area contributed by atoms with E-state index in [0.29, 0.717) is 10.6 Å². The van der Waals surface area contributed by atoms with Crippen LogP contribution in [0.4, 0.5) is 0 Å². The Balaban J connectivity index is 1.91. The van der Waals surface area contributed by atoms with Gasteiger partial charge in [0.05, 0.1) is 16.3 Å². The highest BCUT2D eigenvalue weighted by Gasteiger charge is 2.08. The quantitative estimate of drug-likeness (QED) is 0.852. The maximum atomic E-state index is 12.5. The lowest BCUT2D eigenvalue weighted by atomic mass is 10.2. The summed E-state index contributed by atoms with van der Waals surface area (Å²) in [5, 5.41) is 6.35. The first-order valence-electron chi connectivity index (χ1n) is 7.32. The van der Waals surface area contributed by atoms with E-state index >= 15 is 0 Å². The molecule has 3 rings (SSSR count). The number of para-hydroxylation sites is 1. The lowest BCUT2D eigenvalue weighted by Crippen LogP contribution is -2.43. The first-order chi connectivity index (χ1) is 10.3. The predicted molar refractivity (Wildman–Crippen MR) is 84.2 cm³/mol. The molecule has 2 aromatic rings. The lowest BCUT2D eigenvalue weighted by Gasteiger charge is -2.25. The molecular weight excluding hydrogens is 264 g/mol. The van der Waals surface area contributed by atoms with Crippen LogP contribution in [0.25, 0.3) is 18.5 Å². The van der Waals surface area contributed by atoms with E-state index in [2.05, 4.69) is 22.1 Å². The van der Waals surface area contributed by atoms with Gasteiger partial charge in [-0.15, -0.1) is 0 Å². The van der Waals surface area contributed by atoms with Gasteiger partial charge in [0, 0.05) is 19.3 Å². The summed E-state index contributed by atoms with van der Waals surface area (Å²) < 4.78 is 1.52. The number of aromatic amines is 1. The molecule has 1 saturated heterocycles. The molecule has 0 amide bonds. The first-order valence-corrected chi connectivity index (χ1v) is 7.32. The molecule has 5 nitrogen and oxygen atoms in total. The molecule has 1 aromatic heterocycles. The number of hydrazine groups is 1. The van der Waals surface area contributed by atoms with Crippen LogP contribution in [0.15, 0.2) is 35.1 Å². The van der Waals surface area contributed by atoms with E-state index < -0.39 is 0 Å². The van der Waals surface area contributed by atoms with Gasteiger partial charge in [-0.2, -0.15) is 0 Å². The number of hydrogen-bond donors (Lipinski definition) is 2. The van der Waals surface area contributed by atoms with E-state index in [0.717, 1.165) is 18.8 Å². The summed E-state index contributed by atoms with van der Waals surface area (Å²) >= 11 is 0. The second-order valence-corrected chi connectivity index (χ2v) is 5.30. The van der Waals surface area contributed by atoms with Crippen LogP contribution in [-0.4, -0.2) is 27.9 Å². The molecule has 2 heterocycles. The third-order valence-corrected chi connectivity index (χ3v) is 3.77. The van der Waals surface area contributed by atoms with Crippen molar-refractivity contribution in [2.24, 2.45) is 0 Å². The number of piperidine rings is 1. The van der Waals surface area contributed by atoms with Crippen LogP contribution in [0, 0.1) is 0 Å². The van der Waals surface area contributed by atoms with Gasteiger partial charge < -0.3 is 5.43 Å². The molecule has 0 saturated carbocycles. The van der Waals surface area contributed by atoms with E-state index in [1.807, 2.05) is 30.3 Å². The van der Waals surface area contributed by atoms with Gasteiger partial charge in [-0.3, -0.25) is 9.89 Å². The molecule has 1 aromatic carbocycles. The summed E-state index contributed by atoms with van der Waals surface area (Å²) in [5.74, 6) is 0. The Bertz CT molecular complexity index is 754. The molecular formula is C16H20N4O. The number of rotatable bonds is 3. The number of H-pyrrole nitrogens is 1. The van der Waals surface area contributed by atoms with Gasteiger partial charge in [-0.1, -0.05) is 31.2 Å². The maximum absolute atomic E-state index is 12.5. The van der Waals surface area contributed by atoms with Gasteiger partial charge in [0.15, 0.2) is 0 Å².